The molecular weight excluding hydrogens is 429 g/mol. The lowest BCUT2D eigenvalue weighted by atomic mass is 10.1. The van der Waals surface area contributed by atoms with Gasteiger partial charge >= 0.3 is 6.18 Å². The van der Waals surface area contributed by atoms with E-state index in [1.807, 2.05) is 24.3 Å². The second-order valence-electron chi connectivity index (χ2n) is 7.12. The lowest BCUT2D eigenvalue weighted by Gasteiger charge is -2.36. The Morgan fingerprint density at radius 2 is 1.55 bits per heavy atom. The van der Waals surface area contributed by atoms with Gasteiger partial charge in [0.2, 0.25) is 0 Å². The van der Waals surface area contributed by atoms with Gasteiger partial charge in [0.15, 0.2) is 0 Å². The molecule has 0 atom stereocenters. The lowest BCUT2D eigenvalue weighted by molar-refractivity contribution is -0.137. The van der Waals surface area contributed by atoms with Crippen LogP contribution < -0.4 is 4.90 Å². The molecule has 1 fully saturated rings. The molecule has 0 unspecified atom stereocenters. The molecule has 160 valence electrons. The van der Waals surface area contributed by atoms with E-state index in [-0.39, 0.29) is 11.6 Å². The molecule has 1 aromatic heterocycles. The van der Waals surface area contributed by atoms with E-state index in [1.54, 1.807) is 4.90 Å². The number of hydrogen-bond acceptors (Lipinski definition) is 4. The Kier molecular flexibility index (Phi) is 5.82. The van der Waals surface area contributed by atoms with Gasteiger partial charge in [-0.2, -0.15) is 13.2 Å². The van der Waals surface area contributed by atoms with Crippen LogP contribution in [-0.4, -0.2) is 47.0 Å². The van der Waals surface area contributed by atoms with Crippen LogP contribution in [0.15, 0.2) is 60.9 Å². The SMILES string of the molecule is O=C(c1cncc(-c2ccc(C(F)(F)F)cc2)n1)N1CCN(c2ccc(Cl)cc2)CC1. The predicted octanol–water partition coefficient (Wildman–Crippen LogP) is 4.78. The zero-order valence-corrected chi connectivity index (χ0v) is 17.1. The van der Waals surface area contributed by atoms with E-state index in [0.717, 1.165) is 17.8 Å². The Hall–Kier alpha value is -3.13. The molecule has 0 bridgehead atoms. The number of aromatic nitrogens is 2. The summed E-state index contributed by atoms with van der Waals surface area (Å²) in [6, 6.07) is 12.2. The van der Waals surface area contributed by atoms with Crippen molar-refractivity contribution in [3.63, 3.8) is 0 Å². The largest absolute Gasteiger partial charge is 0.416 e. The zero-order valence-electron chi connectivity index (χ0n) is 16.3. The highest BCUT2D eigenvalue weighted by Gasteiger charge is 2.30. The van der Waals surface area contributed by atoms with Crippen LogP contribution >= 0.6 is 11.6 Å². The standard InChI is InChI=1S/C22H18ClF3N4O/c23-17-5-7-18(8-6-17)29-9-11-30(12-10-29)21(31)20-14-27-13-19(28-20)15-1-3-16(4-2-15)22(24,25)26/h1-8,13-14H,9-12H2. The average molecular weight is 447 g/mol. The van der Waals surface area contributed by atoms with Gasteiger partial charge in [-0.1, -0.05) is 23.7 Å². The molecule has 3 aromatic rings. The Morgan fingerprint density at radius 3 is 2.16 bits per heavy atom. The van der Waals surface area contributed by atoms with Crippen molar-refractivity contribution in [2.24, 2.45) is 0 Å². The maximum absolute atomic E-state index is 12.9. The molecule has 1 amide bonds. The first-order chi connectivity index (χ1) is 14.8. The van der Waals surface area contributed by atoms with Crippen molar-refractivity contribution in [1.82, 2.24) is 14.9 Å². The number of amides is 1. The number of hydrogen-bond donors (Lipinski definition) is 0. The molecule has 1 aliphatic heterocycles. The van der Waals surface area contributed by atoms with Gasteiger partial charge in [-0.05, 0) is 36.4 Å². The minimum absolute atomic E-state index is 0.164. The highest BCUT2D eigenvalue weighted by Crippen LogP contribution is 2.30. The first-order valence-electron chi connectivity index (χ1n) is 9.61. The van der Waals surface area contributed by atoms with Gasteiger partial charge in [-0.3, -0.25) is 9.78 Å². The zero-order chi connectivity index (χ0) is 22.0. The van der Waals surface area contributed by atoms with Gasteiger partial charge in [0, 0.05) is 42.5 Å². The summed E-state index contributed by atoms with van der Waals surface area (Å²) in [6.07, 6.45) is -1.60. The molecule has 0 spiro atoms. The normalized spacial score (nSPS) is 14.6. The number of halogens is 4. The van der Waals surface area contributed by atoms with Gasteiger partial charge in [-0.15, -0.1) is 0 Å². The van der Waals surface area contributed by atoms with Gasteiger partial charge in [0.1, 0.15) is 5.69 Å². The quantitative estimate of drug-likeness (QED) is 0.581. The second-order valence-corrected chi connectivity index (χ2v) is 7.56. The van der Waals surface area contributed by atoms with Crippen molar-refractivity contribution < 1.29 is 18.0 Å². The van der Waals surface area contributed by atoms with E-state index >= 15 is 0 Å². The number of carbonyl (C=O) groups excluding carboxylic acids is 1. The Labute approximate surface area is 182 Å². The molecular formula is C22H18ClF3N4O. The number of piperazine rings is 1. The van der Waals surface area contributed by atoms with Gasteiger partial charge < -0.3 is 9.80 Å². The third kappa shape index (κ3) is 4.80. The predicted molar refractivity (Wildman–Crippen MR) is 112 cm³/mol. The number of anilines is 1. The average Bonchev–Trinajstić information content (AvgIpc) is 2.79. The molecule has 4 rings (SSSR count). The first kappa shape index (κ1) is 21.1. The minimum Gasteiger partial charge on any atom is -0.368 e. The molecule has 2 aromatic carbocycles. The van der Waals surface area contributed by atoms with Crippen molar-refractivity contribution in [1.29, 1.82) is 0 Å². The number of alkyl halides is 3. The molecule has 0 N–H and O–H groups in total. The third-order valence-electron chi connectivity index (χ3n) is 5.12. The molecule has 0 radical (unpaired) electrons. The minimum atomic E-state index is -4.41. The van der Waals surface area contributed by atoms with Crippen LogP contribution in [0.2, 0.25) is 5.02 Å². The Morgan fingerprint density at radius 1 is 0.903 bits per heavy atom. The topological polar surface area (TPSA) is 49.3 Å². The number of carbonyl (C=O) groups is 1. The van der Waals surface area contributed by atoms with Crippen molar-refractivity contribution in [2.45, 2.75) is 6.18 Å². The van der Waals surface area contributed by atoms with Crippen molar-refractivity contribution in [3.8, 4) is 11.3 Å². The summed E-state index contributed by atoms with van der Waals surface area (Å²) < 4.78 is 38.3. The van der Waals surface area contributed by atoms with Gasteiger partial charge in [-0.25, -0.2) is 4.98 Å². The molecule has 1 aliphatic rings. The lowest BCUT2D eigenvalue weighted by Crippen LogP contribution is -2.49. The fraction of sp³-hybridized carbons (Fsp3) is 0.227. The Bertz CT molecular complexity index is 1060. The van der Waals surface area contributed by atoms with Crippen LogP contribution in [0.5, 0.6) is 0 Å². The van der Waals surface area contributed by atoms with E-state index in [0.29, 0.717) is 42.5 Å². The smallest absolute Gasteiger partial charge is 0.368 e. The summed E-state index contributed by atoms with van der Waals surface area (Å²) in [5, 5.41) is 0.670. The summed E-state index contributed by atoms with van der Waals surface area (Å²) >= 11 is 5.93. The molecule has 5 nitrogen and oxygen atoms in total. The fourth-order valence-electron chi connectivity index (χ4n) is 3.42. The number of benzene rings is 2. The maximum atomic E-state index is 12.9. The third-order valence-corrected chi connectivity index (χ3v) is 5.37. The molecule has 0 aliphatic carbocycles. The Balaban J connectivity index is 1.44. The van der Waals surface area contributed by atoms with Crippen molar-refractivity contribution in [3.05, 3.63) is 77.2 Å². The van der Waals surface area contributed by atoms with Crippen LogP contribution in [0.4, 0.5) is 18.9 Å². The van der Waals surface area contributed by atoms with Crippen molar-refractivity contribution in [2.75, 3.05) is 31.1 Å². The molecule has 0 saturated carbocycles. The molecule has 2 heterocycles. The number of nitrogens with zero attached hydrogens (tertiary/aromatic N) is 4. The number of rotatable bonds is 3. The van der Waals surface area contributed by atoms with Gasteiger partial charge in [0.25, 0.3) is 5.91 Å². The van der Waals surface area contributed by atoms with Crippen LogP contribution in [0.25, 0.3) is 11.3 Å². The van der Waals surface area contributed by atoms with E-state index < -0.39 is 11.7 Å². The van der Waals surface area contributed by atoms with E-state index in [1.165, 1.54) is 24.5 Å². The van der Waals surface area contributed by atoms with E-state index in [9.17, 15) is 18.0 Å². The van der Waals surface area contributed by atoms with Crippen LogP contribution in [-0.2, 0) is 6.18 Å². The van der Waals surface area contributed by atoms with Crippen LogP contribution in [0.3, 0.4) is 0 Å². The molecule has 1 saturated heterocycles. The highest BCUT2D eigenvalue weighted by atomic mass is 35.5. The molecule has 9 heteroatoms. The monoisotopic (exact) mass is 446 g/mol. The first-order valence-corrected chi connectivity index (χ1v) is 9.98. The maximum Gasteiger partial charge on any atom is 0.416 e. The van der Waals surface area contributed by atoms with Crippen LogP contribution in [0, 0.1) is 0 Å². The summed E-state index contributed by atoms with van der Waals surface area (Å²) in [5.74, 6) is -0.253. The summed E-state index contributed by atoms with van der Waals surface area (Å²) in [4.78, 5) is 25.2. The van der Waals surface area contributed by atoms with E-state index in [2.05, 4.69) is 14.9 Å². The highest BCUT2D eigenvalue weighted by molar-refractivity contribution is 6.30. The van der Waals surface area contributed by atoms with Gasteiger partial charge in [0.05, 0.1) is 23.7 Å². The fourth-order valence-corrected chi connectivity index (χ4v) is 3.55. The van der Waals surface area contributed by atoms with Crippen LogP contribution in [0.1, 0.15) is 16.1 Å². The van der Waals surface area contributed by atoms with E-state index in [4.69, 9.17) is 11.6 Å². The molecule has 31 heavy (non-hydrogen) atoms. The summed E-state index contributed by atoms with van der Waals surface area (Å²) in [5.41, 5.74) is 1.27. The summed E-state index contributed by atoms with van der Waals surface area (Å²) in [7, 11) is 0. The summed E-state index contributed by atoms with van der Waals surface area (Å²) in [6.45, 7) is 2.38. The van der Waals surface area contributed by atoms with Crippen molar-refractivity contribution >= 4 is 23.2 Å². The second kappa shape index (κ2) is 8.55.